The minimum atomic E-state index is 0.817. The van der Waals surface area contributed by atoms with Crippen LogP contribution in [0.1, 0.15) is 12.6 Å². The van der Waals surface area contributed by atoms with Crippen molar-refractivity contribution in [2.75, 3.05) is 0 Å². The van der Waals surface area contributed by atoms with Gasteiger partial charge in [-0.05, 0) is 6.42 Å². The third-order valence-corrected chi connectivity index (χ3v) is 1.66. The Balaban J connectivity index is 2.79. The molecule has 0 saturated carbocycles. The van der Waals surface area contributed by atoms with E-state index in [1.54, 1.807) is 6.20 Å². The number of pyridine rings is 1. The van der Waals surface area contributed by atoms with Crippen LogP contribution in [-0.4, -0.2) is 9.97 Å². The Labute approximate surface area is 64.1 Å². The highest BCUT2D eigenvalue weighted by atomic mass is 16.3. The van der Waals surface area contributed by atoms with Crippen molar-refractivity contribution in [1.82, 2.24) is 9.97 Å². The summed E-state index contributed by atoms with van der Waals surface area (Å²) in [6.45, 7) is 2.05. The van der Waals surface area contributed by atoms with E-state index in [0.717, 1.165) is 23.2 Å². The molecule has 0 radical (unpaired) electrons. The fourth-order valence-electron chi connectivity index (χ4n) is 1.11. The van der Waals surface area contributed by atoms with E-state index in [9.17, 15) is 0 Å². The summed E-state index contributed by atoms with van der Waals surface area (Å²) in [5, 5.41) is 0. The molecule has 2 aromatic rings. The maximum atomic E-state index is 5.11. The molecule has 0 aliphatic rings. The standard InChI is InChI=1S/C8H8N2O/c1-2-6-8-7(3-4-9-6)11-5-10-8/h3-5H,2H2,1H3. The summed E-state index contributed by atoms with van der Waals surface area (Å²) >= 11 is 0. The Morgan fingerprint density at radius 3 is 3.18 bits per heavy atom. The zero-order valence-electron chi connectivity index (χ0n) is 6.24. The molecule has 2 rings (SSSR count). The molecule has 11 heavy (non-hydrogen) atoms. The lowest BCUT2D eigenvalue weighted by Gasteiger charge is -1.92. The highest BCUT2D eigenvalue weighted by molar-refractivity contribution is 5.73. The van der Waals surface area contributed by atoms with E-state index >= 15 is 0 Å². The Bertz CT molecular complexity index is 367. The van der Waals surface area contributed by atoms with Gasteiger partial charge in [0.1, 0.15) is 5.52 Å². The van der Waals surface area contributed by atoms with Gasteiger partial charge in [0.05, 0.1) is 5.69 Å². The highest BCUT2D eigenvalue weighted by Crippen LogP contribution is 2.14. The Morgan fingerprint density at radius 2 is 2.36 bits per heavy atom. The summed E-state index contributed by atoms with van der Waals surface area (Å²) in [6.07, 6.45) is 4.09. The lowest BCUT2D eigenvalue weighted by molar-refractivity contribution is 0.602. The molecule has 2 heterocycles. The zero-order chi connectivity index (χ0) is 7.68. The van der Waals surface area contributed by atoms with Crippen LogP contribution in [0.15, 0.2) is 23.1 Å². The summed E-state index contributed by atoms with van der Waals surface area (Å²) < 4.78 is 5.11. The van der Waals surface area contributed by atoms with Crippen molar-refractivity contribution in [3.8, 4) is 0 Å². The molecular formula is C8H8N2O. The van der Waals surface area contributed by atoms with Crippen molar-refractivity contribution in [2.45, 2.75) is 13.3 Å². The van der Waals surface area contributed by atoms with Crippen LogP contribution < -0.4 is 0 Å². The molecule has 0 saturated heterocycles. The van der Waals surface area contributed by atoms with Crippen molar-refractivity contribution in [1.29, 1.82) is 0 Å². The molecule has 0 spiro atoms. The molecule has 3 nitrogen and oxygen atoms in total. The summed E-state index contributed by atoms with van der Waals surface area (Å²) in [5.41, 5.74) is 2.70. The number of rotatable bonds is 1. The minimum absolute atomic E-state index is 0.817. The number of nitrogens with zero attached hydrogens (tertiary/aromatic N) is 2. The maximum absolute atomic E-state index is 5.11. The second-order valence-electron chi connectivity index (χ2n) is 2.31. The first kappa shape index (κ1) is 6.34. The van der Waals surface area contributed by atoms with Crippen LogP contribution in [0, 0.1) is 0 Å². The molecule has 3 heteroatoms. The molecule has 0 aromatic carbocycles. The van der Waals surface area contributed by atoms with Gasteiger partial charge in [-0.25, -0.2) is 4.98 Å². The molecule has 0 N–H and O–H groups in total. The Hall–Kier alpha value is -1.38. The number of hydrogen-bond acceptors (Lipinski definition) is 3. The molecule has 0 amide bonds. The predicted octanol–water partition coefficient (Wildman–Crippen LogP) is 1.79. The Morgan fingerprint density at radius 1 is 1.45 bits per heavy atom. The first-order valence-electron chi connectivity index (χ1n) is 3.59. The molecule has 0 aliphatic heterocycles. The number of aryl methyl sites for hydroxylation is 1. The average Bonchev–Trinajstić information content (AvgIpc) is 2.50. The summed E-state index contributed by atoms with van der Waals surface area (Å²) in [4.78, 5) is 8.24. The number of hydrogen-bond donors (Lipinski definition) is 0. The van der Waals surface area contributed by atoms with Crippen LogP contribution in [0.5, 0.6) is 0 Å². The third-order valence-electron chi connectivity index (χ3n) is 1.66. The largest absolute Gasteiger partial charge is 0.443 e. The molecule has 56 valence electrons. The number of oxazole rings is 1. The molecule has 0 unspecified atom stereocenters. The summed E-state index contributed by atoms with van der Waals surface area (Å²) in [5.74, 6) is 0. The first-order valence-corrected chi connectivity index (χ1v) is 3.59. The SMILES string of the molecule is CCc1nccc2ocnc12. The second kappa shape index (κ2) is 2.34. The van der Waals surface area contributed by atoms with Crippen LogP contribution in [-0.2, 0) is 6.42 Å². The topological polar surface area (TPSA) is 38.9 Å². The molecule has 2 aromatic heterocycles. The van der Waals surface area contributed by atoms with Gasteiger partial charge in [0.15, 0.2) is 12.0 Å². The molecule has 0 fully saturated rings. The van der Waals surface area contributed by atoms with E-state index in [2.05, 4.69) is 16.9 Å². The normalized spacial score (nSPS) is 10.6. The van der Waals surface area contributed by atoms with Crippen molar-refractivity contribution in [3.63, 3.8) is 0 Å². The number of aromatic nitrogens is 2. The van der Waals surface area contributed by atoms with Gasteiger partial charge in [-0.15, -0.1) is 0 Å². The fourth-order valence-corrected chi connectivity index (χ4v) is 1.11. The van der Waals surface area contributed by atoms with Gasteiger partial charge in [-0.1, -0.05) is 6.92 Å². The summed E-state index contributed by atoms with van der Waals surface area (Å²) in [7, 11) is 0. The van der Waals surface area contributed by atoms with Gasteiger partial charge in [0.25, 0.3) is 0 Å². The highest BCUT2D eigenvalue weighted by Gasteiger charge is 2.02. The maximum Gasteiger partial charge on any atom is 0.182 e. The van der Waals surface area contributed by atoms with Gasteiger partial charge < -0.3 is 4.42 Å². The number of fused-ring (bicyclic) bond motifs is 1. The molecular weight excluding hydrogens is 140 g/mol. The third kappa shape index (κ3) is 0.888. The molecule has 0 bridgehead atoms. The molecule has 0 aliphatic carbocycles. The van der Waals surface area contributed by atoms with Crippen LogP contribution in [0.25, 0.3) is 11.1 Å². The van der Waals surface area contributed by atoms with E-state index in [0.29, 0.717) is 0 Å². The quantitative estimate of drug-likeness (QED) is 0.618. The van der Waals surface area contributed by atoms with Crippen LogP contribution >= 0.6 is 0 Å². The van der Waals surface area contributed by atoms with Gasteiger partial charge in [0.2, 0.25) is 0 Å². The minimum Gasteiger partial charge on any atom is -0.443 e. The van der Waals surface area contributed by atoms with Gasteiger partial charge in [0, 0.05) is 12.3 Å². The fraction of sp³-hybridized carbons (Fsp3) is 0.250. The van der Waals surface area contributed by atoms with Gasteiger partial charge in [-0.2, -0.15) is 0 Å². The van der Waals surface area contributed by atoms with Crippen LogP contribution in [0.3, 0.4) is 0 Å². The monoisotopic (exact) mass is 148 g/mol. The van der Waals surface area contributed by atoms with Crippen molar-refractivity contribution in [2.24, 2.45) is 0 Å². The summed E-state index contributed by atoms with van der Waals surface area (Å²) in [6, 6.07) is 1.82. The van der Waals surface area contributed by atoms with E-state index < -0.39 is 0 Å². The van der Waals surface area contributed by atoms with Crippen LogP contribution in [0.4, 0.5) is 0 Å². The zero-order valence-corrected chi connectivity index (χ0v) is 6.24. The van der Waals surface area contributed by atoms with E-state index in [1.807, 2.05) is 6.07 Å². The van der Waals surface area contributed by atoms with E-state index in [4.69, 9.17) is 4.42 Å². The van der Waals surface area contributed by atoms with Crippen molar-refractivity contribution < 1.29 is 4.42 Å². The lowest BCUT2D eigenvalue weighted by atomic mass is 10.2. The van der Waals surface area contributed by atoms with Gasteiger partial charge >= 0.3 is 0 Å². The first-order chi connectivity index (χ1) is 5.42. The average molecular weight is 148 g/mol. The van der Waals surface area contributed by atoms with E-state index in [-0.39, 0.29) is 0 Å². The van der Waals surface area contributed by atoms with Crippen LogP contribution in [0.2, 0.25) is 0 Å². The predicted molar refractivity (Wildman–Crippen MR) is 41.2 cm³/mol. The van der Waals surface area contributed by atoms with Gasteiger partial charge in [-0.3, -0.25) is 4.98 Å². The molecule has 0 atom stereocenters. The Kier molecular flexibility index (Phi) is 1.35. The second-order valence-corrected chi connectivity index (χ2v) is 2.31. The smallest absolute Gasteiger partial charge is 0.182 e. The van der Waals surface area contributed by atoms with Crippen molar-refractivity contribution >= 4 is 11.1 Å². The van der Waals surface area contributed by atoms with E-state index in [1.165, 1.54) is 6.39 Å². The van der Waals surface area contributed by atoms with Crippen molar-refractivity contribution in [3.05, 3.63) is 24.4 Å². The lowest BCUT2D eigenvalue weighted by Crippen LogP contribution is -1.86.